The Bertz CT molecular complexity index is 562. The molecule has 1 unspecified atom stereocenters. The summed E-state index contributed by atoms with van der Waals surface area (Å²) in [6.45, 7) is 2.73. The van der Waals surface area contributed by atoms with E-state index in [0.29, 0.717) is 12.2 Å². The first kappa shape index (κ1) is 14.4. The van der Waals surface area contributed by atoms with Gasteiger partial charge in [0.25, 0.3) is 0 Å². The maximum absolute atomic E-state index is 13.3. The summed E-state index contributed by atoms with van der Waals surface area (Å²) in [6, 6.07) is 3.65. The third-order valence-corrected chi connectivity index (χ3v) is 5.02. The fourth-order valence-corrected chi connectivity index (χ4v) is 3.82. The van der Waals surface area contributed by atoms with Crippen LogP contribution in [0, 0.1) is 5.82 Å². The van der Waals surface area contributed by atoms with Crippen molar-refractivity contribution < 1.29 is 17.5 Å². The summed E-state index contributed by atoms with van der Waals surface area (Å²) in [5.74, 6) is -0.586. The number of hydrogen-bond donors (Lipinski definition) is 1. The first-order valence-electron chi connectivity index (χ1n) is 6.05. The maximum Gasteiger partial charge on any atom is 0.243 e. The SMILES string of the molecule is CC1CN(S(=O)(=O)c2cc(F)ccc2CN)CCO1. The van der Waals surface area contributed by atoms with Crippen LogP contribution in [-0.4, -0.2) is 38.5 Å². The van der Waals surface area contributed by atoms with Crippen LogP contribution < -0.4 is 5.73 Å². The van der Waals surface area contributed by atoms with E-state index < -0.39 is 15.8 Å². The highest BCUT2D eigenvalue weighted by Crippen LogP contribution is 2.23. The van der Waals surface area contributed by atoms with Gasteiger partial charge in [0, 0.05) is 19.6 Å². The van der Waals surface area contributed by atoms with E-state index in [4.69, 9.17) is 10.5 Å². The summed E-state index contributed by atoms with van der Waals surface area (Å²) in [5.41, 5.74) is 5.94. The molecule has 0 aliphatic carbocycles. The Hall–Kier alpha value is -1.02. The second kappa shape index (κ2) is 5.54. The normalized spacial score (nSPS) is 21.5. The molecule has 1 aromatic rings. The molecule has 1 fully saturated rings. The lowest BCUT2D eigenvalue weighted by Crippen LogP contribution is -2.44. The van der Waals surface area contributed by atoms with Gasteiger partial charge < -0.3 is 10.5 Å². The summed E-state index contributed by atoms with van der Waals surface area (Å²) in [7, 11) is -3.73. The molecular weight excluding hydrogens is 271 g/mol. The monoisotopic (exact) mass is 288 g/mol. The smallest absolute Gasteiger partial charge is 0.243 e. The lowest BCUT2D eigenvalue weighted by molar-refractivity contribution is 0.0101. The number of nitrogens with two attached hydrogens (primary N) is 1. The molecule has 2 N–H and O–H groups in total. The Labute approximate surface area is 112 Å². The van der Waals surface area contributed by atoms with Crippen LogP contribution in [0.25, 0.3) is 0 Å². The maximum atomic E-state index is 13.3. The van der Waals surface area contributed by atoms with Gasteiger partial charge in [-0.1, -0.05) is 6.07 Å². The second-order valence-corrected chi connectivity index (χ2v) is 6.41. The van der Waals surface area contributed by atoms with Crippen molar-refractivity contribution in [1.29, 1.82) is 0 Å². The molecule has 2 rings (SSSR count). The zero-order chi connectivity index (χ0) is 14.0. The number of hydrogen-bond acceptors (Lipinski definition) is 4. The van der Waals surface area contributed by atoms with Crippen LogP contribution in [0.2, 0.25) is 0 Å². The molecular formula is C12H17FN2O3S. The number of sulfonamides is 1. The molecule has 0 spiro atoms. The van der Waals surface area contributed by atoms with Gasteiger partial charge in [0.05, 0.1) is 17.6 Å². The summed E-state index contributed by atoms with van der Waals surface area (Å²) >= 11 is 0. The van der Waals surface area contributed by atoms with Gasteiger partial charge in [-0.15, -0.1) is 0 Å². The lowest BCUT2D eigenvalue weighted by Gasteiger charge is -2.30. The van der Waals surface area contributed by atoms with E-state index in [1.165, 1.54) is 16.4 Å². The van der Waals surface area contributed by atoms with Gasteiger partial charge in [-0.2, -0.15) is 4.31 Å². The average molecular weight is 288 g/mol. The summed E-state index contributed by atoms with van der Waals surface area (Å²) in [4.78, 5) is -0.0518. The minimum Gasteiger partial charge on any atom is -0.376 e. The van der Waals surface area contributed by atoms with Gasteiger partial charge in [0.1, 0.15) is 5.82 Å². The van der Waals surface area contributed by atoms with E-state index in [0.717, 1.165) is 6.07 Å². The van der Waals surface area contributed by atoms with Crippen LogP contribution in [0.4, 0.5) is 4.39 Å². The molecule has 1 heterocycles. The summed E-state index contributed by atoms with van der Waals surface area (Å²) in [5, 5.41) is 0. The number of ether oxygens (including phenoxy) is 1. The zero-order valence-electron chi connectivity index (χ0n) is 10.7. The molecule has 1 saturated heterocycles. The quantitative estimate of drug-likeness (QED) is 0.888. The van der Waals surface area contributed by atoms with Crippen molar-refractivity contribution in [3.05, 3.63) is 29.6 Å². The fraction of sp³-hybridized carbons (Fsp3) is 0.500. The topological polar surface area (TPSA) is 72.6 Å². The highest BCUT2D eigenvalue weighted by atomic mass is 32.2. The Morgan fingerprint density at radius 3 is 2.89 bits per heavy atom. The van der Waals surface area contributed by atoms with E-state index in [-0.39, 0.29) is 30.6 Å². The minimum absolute atomic E-state index is 0.0503. The van der Waals surface area contributed by atoms with Crippen molar-refractivity contribution in [2.75, 3.05) is 19.7 Å². The molecule has 7 heteroatoms. The van der Waals surface area contributed by atoms with Crippen molar-refractivity contribution in [1.82, 2.24) is 4.31 Å². The molecule has 19 heavy (non-hydrogen) atoms. The van der Waals surface area contributed by atoms with Crippen molar-refractivity contribution in [2.45, 2.75) is 24.5 Å². The van der Waals surface area contributed by atoms with E-state index in [2.05, 4.69) is 0 Å². The van der Waals surface area contributed by atoms with Crippen molar-refractivity contribution in [3.63, 3.8) is 0 Å². The Balaban J connectivity index is 2.41. The number of morpholine rings is 1. The summed E-state index contributed by atoms with van der Waals surface area (Å²) in [6.07, 6.45) is -0.168. The molecule has 106 valence electrons. The summed E-state index contributed by atoms with van der Waals surface area (Å²) < 4.78 is 45.0. The van der Waals surface area contributed by atoms with Crippen molar-refractivity contribution in [3.8, 4) is 0 Å². The van der Waals surface area contributed by atoms with Crippen LogP contribution in [0.15, 0.2) is 23.1 Å². The van der Waals surface area contributed by atoms with Gasteiger partial charge in [-0.05, 0) is 24.6 Å². The average Bonchev–Trinajstić information content (AvgIpc) is 2.38. The third-order valence-electron chi connectivity index (χ3n) is 3.07. The molecule has 1 atom stereocenters. The molecule has 0 bridgehead atoms. The predicted molar refractivity (Wildman–Crippen MR) is 68.5 cm³/mol. The van der Waals surface area contributed by atoms with E-state index >= 15 is 0 Å². The molecule has 0 saturated carbocycles. The van der Waals surface area contributed by atoms with Crippen LogP contribution in [0.1, 0.15) is 12.5 Å². The van der Waals surface area contributed by atoms with Gasteiger partial charge >= 0.3 is 0 Å². The van der Waals surface area contributed by atoms with Crippen molar-refractivity contribution in [2.24, 2.45) is 5.73 Å². The van der Waals surface area contributed by atoms with Gasteiger partial charge in [0.2, 0.25) is 10.0 Å². The minimum atomic E-state index is -3.73. The van der Waals surface area contributed by atoms with Gasteiger partial charge in [-0.3, -0.25) is 0 Å². The number of nitrogens with zero attached hydrogens (tertiary/aromatic N) is 1. The van der Waals surface area contributed by atoms with E-state index in [9.17, 15) is 12.8 Å². The molecule has 0 amide bonds. The third kappa shape index (κ3) is 2.94. The highest BCUT2D eigenvalue weighted by Gasteiger charge is 2.30. The second-order valence-electron chi connectivity index (χ2n) is 4.50. The molecule has 5 nitrogen and oxygen atoms in total. The lowest BCUT2D eigenvalue weighted by atomic mass is 10.2. The van der Waals surface area contributed by atoms with E-state index in [1.807, 2.05) is 0 Å². The number of halogens is 1. The Morgan fingerprint density at radius 1 is 1.53 bits per heavy atom. The standard InChI is InChI=1S/C12H17FN2O3S/c1-9-8-15(4-5-18-9)19(16,17)12-6-11(13)3-2-10(12)7-14/h2-3,6,9H,4-5,7-8,14H2,1H3. The van der Waals surface area contributed by atoms with Crippen LogP contribution in [-0.2, 0) is 21.3 Å². The Morgan fingerprint density at radius 2 is 2.26 bits per heavy atom. The highest BCUT2D eigenvalue weighted by molar-refractivity contribution is 7.89. The molecule has 1 aliphatic heterocycles. The van der Waals surface area contributed by atoms with Gasteiger partial charge in [0.15, 0.2) is 0 Å². The van der Waals surface area contributed by atoms with Gasteiger partial charge in [-0.25, -0.2) is 12.8 Å². The number of rotatable bonds is 3. The first-order valence-corrected chi connectivity index (χ1v) is 7.49. The predicted octanol–water partition coefficient (Wildman–Crippen LogP) is 0.694. The largest absolute Gasteiger partial charge is 0.376 e. The first-order chi connectivity index (χ1) is 8.95. The van der Waals surface area contributed by atoms with Crippen LogP contribution in [0.5, 0.6) is 0 Å². The van der Waals surface area contributed by atoms with Crippen LogP contribution >= 0.6 is 0 Å². The van der Waals surface area contributed by atoms with Crippen molar-refractivity contribution >= 4 is 10.0 Å². The molecule has 0 aromatic heterocycles. The fourth-order valence-electron chi connectivity index (χ4n) is 2.08. The molecule has 1 aliphatic rings. The Kier molecular flexibility index (Phi) is 4.19. The van der Waals surface area contributed by atoms with Crippen LogP contribution in [0.3, 0.4) is 0 Å². The zero-order valence-corrected chi connectivity index (χ0v) is 11.5. The number of benzene rings is 1. The molecule has 0 radical (unpaired) electrons. The van der Waals surface area contributed by atoms with E-state index in [1.54, 1.807) is 6.92 Å². The molecule has 1 aromatic carbocycles.